The molecule has 0 spiro atoms. The molecule has 1 aromatic rings. The summed E-state index contributed by atoms with van der Waals surface area (Å²) in [6.07, 6.45) is 2.65. The number of piperidine rings is 1. The number of benzene rings is 1. The summed E-state index contributed by atoms with van der Waals surface area (Å²) in [7, 11) is 4.49. The Labute approximate surface area is 117 Å². The third-order valence-electron chi connectivity index (χ3n) is 4.25. The first-order chi connectivity index (χ1) is 9.16. The van der Waals surface area contributed by atoms with Gasteiger partial charge in [0.25, 0.3) is 0 Å². The van der Waals surface area contributed by atoms with E-state index in [1.54, 1.807) is 0 Å². The van der Waals surface area contributed by atoms with E-state index in [4.69, 9.17) is 0 Å². The van der Waals surface area contributed by atoms with Gasteiger partial charge in [-0.15, -0.1) is 0 Å². The summed E-state index contributed by atoms with van der Waals surface area (Å²) in [6, 6.07) is 11.7. The Hall–Kier alpha value is -1.06. The molecule has 1 aliphatic rings. The van der Waals surface area contributed by atoms with Crippen molar-refractivity contribution in [1.82, 2.24) is 9.80 Å². The normalized spacial score (nSPS) is 22.4. The van der Waals surface area contributed by atoms with E-state index in [0.717, 1.165) is 6.54 Å². The van der Waals surface area contributed by atoms with E-state index in [9.17, 15) is 0 Å². The van der Waals surface area contributed by atoms with Crippen LogP contribution < -0.4 is 5.32 Å². The van der Waals surface area contributed by atoms with Crippen LogP contribution in [0.25, 0.3) is 0 Å². The molecule has 0 amide bonds. The van der Waals surface area contributed by atoms with Crippen LogP contribution in [0.2, 0.25) is 0 Å². The van der Waals surface area contributed by atoms with Crippen molar-refractivity contribution in [3.8, 4) is 0 Å². The second-order valence-corrected chi connectivity index (χ2v) is 5.82. The van der Waals surface area contributed by atoms with Crippen LogP contribution in [0.3, 0.4) is 0 Å². The van der Waals surface area contributed by atoms with Gasteiger partial charge in [-0.2, -0.15) is 0 Å². The molecule has 2 atom stereocenters. The zero-order valence-electron chi connectivity index (χ0n) is 12.5. The van der Waals surface area contributed by atoms with Crippen LogP contribution in [0.4, 0.5) is 5.69 Å². The number of nitrogens with one attached hydrogen (secondary N) is 1. The first-order valence-electron chi connectivity index (χ1n) is 7.36. The second kappa shape index (κ2) is 6.92. The first kappa shape index (κ1) is 14.4. The predicted octanol–water partition coefficient (Wildman–Crippen LogP) is 2.51. The monoisotopic (exact) mass is 261 g/mol. The molecule has 0 saturated carbocycles. The van der Waals surface area contributed by atoms with Gasteiger partial charge < -0.3 is 10.2 Å². The Bertz CT molecular complexity index is 366. The van der Waals surface area contributed by atoms with Gasteiger partial charge in [-0.05, 0) is 52.5 Å². The fraction of sp³-hybridized carbons (Fsp3) is 0.625. The number of hydrogen-bond donors (Lipinski definition) is 1. The lowest BCUT2D eigenvalue weighted by molar-refractivity contribution is 0.109. The van der Waals surface area contributed by atoms with Crippen molar-refractivity contribution < 1.29 is 0 Å². The fourth-order valence-electron chi connectivity index (χ4n) is 2.80. The first-order valence-corrected chi connectivity index (χ1v) is 7.36. The van der Waals surface area contributed by atoms with Crippen LogP contribution in [0.15, 0.2) is 30.3 Å². The number of likely N-dealkylation sites (tertiary alicyclic amines) is 1. The molecule has 1 saturated heterocycles. The van der Waals surface area contributed by atoms with Crippen LogP contribution in [-0.2, 0) is 0 Å². The average Bonchev–Trinajstić information content (AvgIpc) is 2.45. The molecule has 1 aliphatic heterocycles. The third kappa shape index (κ3) is 4.22. The third-order valence-corrected chi connectivity index (χ3v) is 4.25. The SMILES string of the molecule is CC(CNc1ccccc1)N(C)C1CCCN(C)C1. The van der Waals surface area contributed by atoms with Crippen LogP contribution in [0.5, 0.6) is 0 Å². The maximum atomic E-state index is 3.52. The molecule has 19 heavy (non-hydrogen) atoms. The maximum absolute atomic E-state index is 3.52. The number of para-hydroxylation sites is 1. The summed E-state index contributed by atoms with van der Waals surface area (Å²) in [5.74, 6) is 0. The summed E-state index contributed by atoms with van der Waals surface area (Å²) in [6.45, 7) is 5.76. The van der Waals surface area contributed by atoms with Gasteiger partial charge in [0.15, 0.2) is 0 Å². The summed E-state index contributed by atoms with van der Waals surface area (Å²) in [5, 5.41) is 3.52. The van der Waals surface area contributed by atoms with E-state index < -0.39 is 0 Å². The number of nitrogens with zero attached hydrogens (tertiary/aromatic N) is 2. The van der Waals surface area contributed by atoms with E-state index in [2.05, 4.69) is 66.5 Å². The van der Waals surface area contributed by atoms with E-state index in [-0.39, 0.29) is 0 Å². The minimum atomic E-state index is 0.553. The molecule has 1 heterocycles. The van der Waals surface area contributed by atoms with Crippen LogP contribution in [0.1, 0.15) is 19.8 Å². The minimum Gasteiger partial charge on any atom is -0.383 e. The molecule has 3 heteroatoms. The van der Waals surface area contributed by atoms with Crippen molar-refractivity contribution in [3.63, 3.8) is 0 Å². The Morgan fingerprint density at radius 2 is 2.11 bits per heavy atom. The highest BCUT2D eigenvalue weighted by molar-refractivity contribution is 5.42. The molecule has 0 bridgehead atoms. The molecule has 0 aromatic heterocycles. The predicted molar refractivity (Wildman–Crippen MR) is 82.7 cm³/mol. The molecule has 0 radical (unpaired) electrons. The van der Waals surface area contributed by atoms with Gasteiger partial charge in [0, 0.05) is 30.9 Å². The van der Waals surface area contributed by atoms with Crippen molar-refractivity contribution in [2.75, 3.05) is 39.0 Å². The Morgan fingerprint density at radius 1 is 1.37 bits per heavy atom. The average molecular weight is 261 g/mol. The highest BCUT2D eigenvalue weighted by Crippen LogP contribution is 2.16. The molecule has 1 aromatic carbocycles. The van der Waals surface area contributed by atoms with Crippen LogP contribution in [0, 0.1) is 0 Å². The summed E-state index contributed by atoms with van der Waals surface area (Å²) >= 11 is 0. The number of anilines is 1. The molecule has 1 N–H and O–H groups in total. The molecule has 2 rings (SSSR count). The van der Waals surface area contributed by atoms with E-state index >= 15 is 0 Å². The van der Waals surface area contributed by atoms with E-state index in [1.165, 1.54) is 31.6 Å². The number of rotatable bonds is 5. The number of hydrogen-bond acceptors (Lipinski definition) is 3. The van der Waals surface area contributed by atoms with Gasteiger partial charge in [-0.1, -0.05) is 18.2 Å². The Kier molecular flexibility index (Phi) is 5.23. The molecule has 2 unspecified atom stereocenters. The summed E-state index contributed by atoms with van der Waals surface area (Å²) < 4.78 is 0. The highest BCUT2D eigenvalue weighted by Gasteiger charge is 2.23. The second-order valence-electron chi connectivity index (χ2n) is 5.82. The molecular formula is C16H27N3. The molecule has 3 nitrogen and oxygen atoms in total. The maximum Gasteiger partial charge on any atom is 0.0340 e. The smallest absolute Gasteiger partial charge is 0.0340 e. The van der Waals surface area contributed by atoms with Crippen molar-refractivity contribution in [2.45, 2.75) is 31.8 Å². The van der Waals surface area contributed by atoms with Gasteiger partial charge in [0.1, 0.15) is 0 Å². The Morgan fingerprint density at radius 3 is 2.79 bits per heavy atom. The fourth-order valence-corrected chi connectivity index (χ4v) is 2.80. The highest BCUT2D eigenvalue weighted by atomic mass is 15.2. The summed E-state index contributed by atoms with van der Waals surface area (Å²) in [5.41, 5.74) is 1.21. The molecule has 0 aliphatic carbocycles. The molecule has 1 fully saturated rings. The van der Waals surface area contributed by atoms with Crippen molar-refractivity contribution in [1.29, 1.82) is 0 Å². The quantitative estimate of drug-likeness (QED) is 0.878. The van der Waals surface area contributed by atoms with Crippen molar-refractivity contribution in [3.05, 3.63) is 30.3 Å². The van der Waals surface area contributed by atoms with Crippen LogP contribution in [-0.4, -0.2) is 55.6 Å². The van der Waals surface area contributed by atoms with E-state index in [1.807, 2.05) is 0 Å². The van der Waals surface area contributed by atoms with Gasteiger partial charge in [-0.25, -0.2) is 0 Å². The zero-order valence-corrected chi connectivity index (χ0v) is 12.5. The molecular weight excluding hydrogens is 234 g/mol. The van der Waals surface area contributed by atoms with Crippen molar-refractivity contribution >= 4 is 5.69 Å². The van der Waals surface area contributed by atoms with E-state index in [0.29, 0.717) is 12.1 Å². The number of likely N-dealkylation sites (N-methyl/N-ethyl adjacent to an activating group) is 2. The largest absolute Gasteiger partial charge is 0.383 e. The van der Waals surface area contributed by atoms with Gasteiger partial charge >= 0.3 is 0 Å². The van der Waals surface area contributed by atoms with Gasteiger partial charge in [0.2, 0.25) is 0 Å². The lowest BCUT2D eigenvalue weighted by Gasteiger charge is -2.39. The molecule has 106 valence electrons. The topological polar surface area (TPSA) is 18.5 Å². The van der Waals surface area contributed by atoms with Gasteiger partial charge in [-0.3, -0.25) is 4.90 Å². The lowest BCUT2D eigenvalue weighted by Crippen LogP contribution is -2.49. The zero-order chi connectivity index (χ0) is 13.7. The summed E-state index contributed by atoms with van der Waals surface area (Å²) in [4.78, 5) is 4.98. The minimum absolute atomic E-state index is 0.553. The standard InChI is InChI=1S/C16H27N3/c1-14(12-17-15-8-5-4-6-9-15)19(3)16-10-7-11-18(2)13-16/h4-6,8-9,14,16-17H,7,10-13H2,1-3H3. The van der Waals surface area contributed by atoms with Crippen molar-refractivity contribution in [2.24, 2.45) is 0 Å². The Balaban J connectivity index is 1.80. The van der Waals surface area contributed by atoms with Crippen LogP contribution >= 0.6 is 0 Å². The van der Waals surface area contributed by atoms with Gasteiger partial charge in [0.05, 0.1) is 0 Å². The lowest BCUT2D eigenvalue weighted by atomic mass is 10.0.